The topological polar surface area (TPSA) is 110 Å². The van der Waals surface area contributed by atoms with Gasteiger partial charge in [-0.3, -0.25) is 4.79 Å². The van der Waals surface area contributed by atoms with Crippen molar-refractivity contribution in [2.75, 3.05) is 6.54 Å². The molecule has 2 aliphatic carbocycles. The van der Waals surface area contributed by atoms with E-state index in [1.165, 1.54) is 12.0 Å². The number of carboxylic acid groups (broad SMARTS) is 1. The molecule has 6 nitrogen and oxygen atoms in total. The molecule has 0 amide bonds. The SMILES string of the molecule is CCC1=C[C@@H]2[C@H](C1)C[C@]2(CN)CC(=O)OC(C)(C)C.O=C(O)[C@H](O)c1ccccc1. The van der Waals surface area contributed by atoms with E-state index in [0.29, 0.717) is 24.4 Å². The Bertz CT molecular complexity index is 768. The van der Waals surface area contributed by atoms with Crippen LogP contribution in [0.3, 0.4) is 0 Å². The highest BCUT2D eigenvalue weighted by Gasteiger charge is 2.55. The fourth-order valence-electron chi connectivity index (χ4n) is 4.48. The summed E-state index contributed by atoms with van der Waals surface area (Å²) < 4.78 is 5.46. The average molecular weight is 418 g/mol. The summed E-state index contributed by atoms with van der Waals surface area (Å²) in [6.07, 6.45) is 4.85. The van der Waals surface area contributed by atoms with E-state index in [0.717, 1.165) is 18.8 Å². The van der Waals surface area contributed by atoms with Gasteiger partial charge in [0.1, 0.15) is 5.60 Å². The lowest BCUT2D eigenvalue weighted by atomic mass is 9.53. The predicted octanol–water partition coefficient (Wildman–Crippen LogP) is 3.84. The van der Waals surface area contributed by atoms with Crippen LogP contribution in [0.2, 0.25) is 0 Å². The van der Waals surface area contributed by atoms with Crippen LogP contribution in [0.4, 0.5) is 0 Å². The van der Waals surface area contributed by atoms with E-state index in [-0.39, 0.29) is 11.4 Å². The molecular formula is C24H35NO5. The molecule has 0 spiro atoms. The number of nitrogens with two attached hydrogens (primary N) is 1. The van der Waals surface area contributed by atoms with Gasteiger partial charge >= 0.3 is 11.9 Å². The molecule has 30 heavy (non-hydrogen) atoms. The Hall–Kier alpha value is -2.18. The first-order valence-corrected chi connectivity index (χ1v) is 10.6. The molecule has 4 N–H and O–H groups in total. The third-order valence-corrected chi connectivity index (χ3v) is 5.95. The molecule has 1 aromatic rings. The molecule has 6 heteroatoms. The monoisotopic (exact) mass is 417 g/mol. The van der Waals surface area contributed by atoms with Gasteiger partial charge in [0.2, 0.25) is 0 Å². The Morgan fingerprint density at radius 1 is 1.27 bits per heavy atom. The lowest BCUT2D eigenvalue weighted by molar-refractivity contribution is -0.162. The summed E-state index contributed by atoms with van der Waals surface area (Å²) in [5.74, 6) is -0.105. The number of ether oxygens (including phenoxy) is 1. The average Bonchev–Trinajstić information content (AvgIpc) is 3.03. The zero-order valence-electron chi connectivity index (χ0n) is 18.4. The number of allylic oxidation sites excluding steroid dienone is 2. The molecule has 4 atom stereocenters. The van der Waals surface area contributed by atoms with E-state index in [4.69, 9.17) is 20.7 Å². The summed E-state index contributed by atoms with van der Waals surface area (Å²) in [4.78, 5) is 22.3. The summed E-state index contributed by atoms with van der Waals surface area (Å²) in [6.45, 7) is 8.52. The summed E-state index contributed by atoms with van der Waals surface area (Å²) in [5, 5.41) is 17.4. The van der Waals surface area contributed by atoms with Crippen LogP contribution in [0, 0.1) is 17.3 Å². The predicted molar refractivity (Wildman–Crippen MR) is 116 cm³/mol. The smallest absolute Gasteiger partial charge is 0.337 e. The Balaban J connectivity index is 0.000000248. The van der Waals surface area contributed by atoms with Crippen LogP contribution in [-0.2, 0) is 14.3 Å². The quantitative estimate of drug-likeness (QED) is 0.479. The number of fused-ring (bicyclic) bond motifs is 1. The first kappa shape index (κ1) is 24.1. The zero-order valence-corrected chi connectivity index (χ0v) is 18.4. The zero-order chi connectivity index (χ0) is 22.5. The van der Waals surface area contributed by atoms with Crippen molar-refractivity contribution < 1.29 is 24.5 Å². The molecule has 0 aromatic heterocycles. The maximum atomic E-state index is 12.1. The lowest BCUT2D eigenvalue weighted by Gasteiger charge is -2.51. The highest BCUT2D eigenvalue weighted by atomic mass is 16.6. The van der Waals surface area contributed by atoms with Crippen molar-refractivity contribution in [3.05, 3.63) is 47.5 Å². The molecule has 0 bridgehead atoms. The number of aliphatic carboxylic acids is 1. The minimum atomic E-state index is -1.41. The number of rotatable bonds is 6. The minimum Gasteiger partial charge on any atom is -0.479 e. The number of hydrogen-bond donors (Lipinski definition) is 3. The Morgan fingerprint density at radius 3 is 2.40 bits per heavy atom. The fourth-order valence-corrected chi connectivity index (χ4v) is 4.48. The second kappa shape index (κ2) is 9.75. The van der Waals surface area contributed by atoms with Crippen molar-refractivity contribution in [2.24, 2.45) is 23.0 Å². The number of benzene rings is 1. The van der Waals surface area contributed by atoms with Crippen molar-refractivity contribution in [1.82, 2.24) is 0 Å². The highest BCUT2D eigenvalue weighted by Crippen LogP contribution is 2.59. The molecule has 0 saturated heterocycles. The van der Waals surface area contributed by atoms with Crippen LogP contribution in [0.5, 0.6) is 0 Å². The Labute approximate surface area is 179 Å². The van der Waals surface area contributed by atoms with Crippen molar-refractivity contribution in [1.29, 1.82) is 0 Å². The van der Waals surface area contributed by atoms with Crippen molar-refractivity contribution in [3.63, 3.8) is 0 Å². The molecular weight excluding hydrogens is 382 g/mol. The normalized spacial score (nSPS) is 25.7. The van der Waals surface area contributed by atoms with Crippen molar-refractivity contribution in [3.8, 4) is 0 Å². The molecule has 0 heterocycles. The lowest BCUT2D eigenvalue weighted by Crippen LogP contribution is -2.51. The van der Waals surface area contributed by atoms with Gasteiger partial charge in [0.25, 0.3) is 0 Å². The van der Waals surface area contributed by atoms with E-state index >= 15 is 0 Å². The number of carbonyl (C=O) groups excluding carboxylic acids is 1. The molecule has 1 saturated carbocycles. The van der Waals surface area contributed by atoms with Gasteiger partial charge in [-0.15, -0.1) is 0 Å². The van der Waals surface area contributed by atoms with E-state index in [2.05, 4.69) is 13.0 Å². The Morgan fingerprint density at radius 2 is 1.90 bits per heavy atom. The van der Waals surface area contributed by atoms with Gasteiger partial charge < -0.3 is 20.7 Å². The van der Waals surface area contributed by atoms with Crippen molar-refractivity contribution >= 4 is 11.9 Å². The largest absolute Gasteiger partial charge is 0.479 e. The first-order valence-electron chi connectivity index (χ1n) is 10.6. The van der Waals surface area contributed by atoms with Crippen LogP contribution >= 0.6 is 0 Å². The van der Waals surface area contributed by atoms with Gasteiger partial charge in [-0.05, 0) is 69.4 Å². The third-order valence-electron chi connectivity index (χ3n) is 5.95. The number of aliphatic hydroxyl groups excluding tert-OH is 1. The number of aliphatic hydroxyl groups is 1. The number of carboxylic acids is 1. The standard InChI is InChI=1S/C16H27NO2.C8H8O3/c1-5-11-6-12-8-16(10-17,13(12)7-11)9-14(18)19-15(2,3)4;9-7(8(10)11)6-4-2-1-3-5-6/h7,12-13H,5-6,8-10,17H2,1-4H3;1-5,7,9H,(H,10,11)/t12-,13-,16-;7-/m11/s1. The molecule has 2 aliphatic rings. The summed E-state index contributed by atoms with van der Waals surface area (Å²) >= 11 is 0. The first-order chi connectivity index (χ1) is 14.0. The van der Waals surface area contributed by atoms with Crippen LogP contribution < -0.4 is 5.73 Å². The summed E-state index contributed by atoms with van der Waals surface area (Å²) in [5.41, 5.74) is 7.48. The van der Waals surface area contributed by atoms with Gasteiger partial charge in [0.15, 0.2) is 6.10 Å². The van der Waals surface area contributed by atoms with E-state index in [9.17, 15) is 9.59 Å². The summed E-state index contributed by atoms with van der Waals surface area (Å²) in [6, 6.07) is 8.26. The number of carbonyl (C=O) groups is 2. The van der Waals surface area contributed by atoms with E-state index in [1.54, 1.807) is 30.3 Å². The second-order valence-corrected chi connectivity index (χ2v) is 9.35. The molecule has 3 rings (SSSR count). The van der Waals surface area contributed by atoms with Gasteiger partial charge in [-0.1, -0.05) is 48.9 Å². The minimum absolute atomic E-state index is 0.0378. The molecule has 166 valence electrons. The Kier molecular flexibility index (Phi) is 7.83. The van der Waals surface area contributed by atoms with Crippen LogP contribution in [0.1, 0.15) is 65.0 Å². The maximum Gasteiger partial charge on any atom is 0.337 e. The van der Waals surface area contributed by atoms with Gasteiger partial charge in [0.05, 0.1) is 6.42 Å². The van der Waals surface area contributed by atoms with Gasteiger partial charge in [0, 0.05) is 0 Å². The number of hydrogen-bond acceptors (Lipinski definition) is 5. The van der Waals surface area contributed by atoms with E-state index < -0.39 is 17.7 Å². The molecule has 0 aliphatic heterocycles. The highest BCUT2D eigenvalue weighted by molar-refractivity contribution is 5.73. The molecule has 1 aromatic carbocycles. The summed E-state index contributed by atoms with van der Waals surface area (Å²) in [7, 11) is 0. The van der Waals surface area contributed by atoms with E-state index in [1.807, 2.05) is 20.8 Å². The molecule has 0 radical (unpaired) electrons. The molecule has 0 unspecified atom stereocenters. The molecule has 1 fully saturated rings. The number of esters is 1. The second-order valence-electron chi connectivity index (χ2n) is 9.35. The maximum absolute atomic E-state index is 12.1. The van der Waals surface area contributed by atoms with Gasteiger partial charge in [-0.25, -0.2) is 4.79 Å². The van der Waals surface area contributed by atoms with Crippen LogP contribution in [0.15, 0.2) is 42.0 Å². The fraction of sp³-hybridized carbons (Fsp3) is 0.583. The van der Waals surface area contributed by atoms with Crippen molar-refractivity contribution in [2.45, 2.75) is 65.1 Å². The van der Waals surface area contributed by atoms with Crippen LogP contribution in [-0.4, -0.2) is 34.3 Å². The third kappa shape index (κ3) is 5.92. The van der Waals surface area contributed by atoms with Gasteiger partial charge in [-0.2, -0.15) is 0 Å². The van der Waals surface area contributed by atoms with Crippen LogP contribution in [0.25, 0.3) is 0 Å².